The van der Waals surface area contributed by atoms with Crippen molar-refractivity contribution in [3.8, 4) is 0 Å². The van der Waals surface area contributed by atoms with E-state index in [-0.39, 0.29) is 6.42 Å². The molecule has 0 aliphatic heterocycles. The molecular formula is C14H21NO2. The number of aryl methyl sites for hydroxylation is 1. The summed E-state index contributed by atoms with van der Waals surface area (Å²) in [4.78, 5) is 12.8. The van der Waals surface area contributed by atoms with Crippen LogP contribution in [0.2, 0.25) is 0 Å². The standard InChI is InChI=1S/C14H21NO2/c1-3-10-15(11-4-5-14(16)17)13-8-6-12(2)7-9-13/h6-9H,3-5,10-11H2,1-2H3,(H,16,17). The van der Waals surface area contributed by atoms with Gasteiger partial charge in [-0.15, -0.1) is 0 Å². The lowest BCUT2D eigenvalue weighted by Gasteiger charge is -2.24. The highest BCUT2D eigenvalue weighted by molar-refractivity contribution is 5.66. The first-order valence-electron chi connectivity index (χ1n) is 6.17. The quantitative estimate of drug-likeness (QED) is 0.789. The van der Waals surface area contributed by atoms with Gasteiger partial charge in [0, 0.05) is 25.2 Å². The van der Waals surface area contributed by atoms with Gasteiger partial charge < -0.3 is 10.0 Å². The summed E-state index contributed by atoms with van der Waals surface area (Å²) >= 11 is 0. The zero-order valence-corrected chi connectivity index (χ0v) is 10.6. The van der Waals surface area contributed by atoms with Crippen molar-refractivity contribution in [2.45, 2.75) is 33.1 Å². The van der Waals surface area contributed by atoms with E-state index in [1.165, 1.54) is 11.3 Å². The van der Waals surface area contributed by atoms with Crippen LogP contribution < -0.4 is 4.90 Å². The second-order valence-electron chi connectivity index (χ2n) is 4.32. The van der Waals surface area contributed by atoms with Crippen LogP contribution in [0, 0.1) is 6.92 Å². The fourth-order valence-corrected chi connectivity index (χ4v) is 1.82. The molecule has 0 aromatic heterocycles. The van der Waals surface area contributed by atoms with Gasteiger partial charge in [-0.2, -0.15) is 0 Å². The lowest BCUT2D eigenvalue weighted by molar-refractivity contribution is -0.137. The molecule has 0 fully saturated rings. The van der Waals surface area contributed by atoms with E-state index in [1.807, 2.05) is 0 Å². The topological polar surface area (TPSA) is 40.5 Å². The highest BCUT2D eigenvalue weighted by Gasteiger charge is 2.06. The smallest absolute Gasteiger partial charge is 0.303 e. The summed E-state index contributed by atoms with van der Waals surface area (Å²) in [6, 6.07) is 8.39. The molecule has 17 heavy (non-hydrogen) atoms. The number of hydrogen-bond acceptors (Lipinski definition) is 2. The van der Waals surface area contributed by atoms with Crippen molar-refractivity contribution in [1.82, 2.24) is 0 Å². The second kappa shape index (κ2) is 6.94. The Labute approximate surface area is 103 Å². The third kappa shape index (κ3) is 4.89. The fraction of sp³-hybridized carbons (Fsp3) is 0.500. The van der Waals surface area contributed by atoms with Gasteiger partial charge in [0.1, 0.15) is 0 Å². The summed E-state index contributed by atoms with van der Waals surface area (Å²) in [6.45, 7) is 5.99. The summed E-state index contributed by atoms with van der Waals surface area (Å²) in [5, 5.41) is 8.64. The van der Waals surface area contributed by atoms with E-state index < -0.39 is 5.97 Å². The van der Waals surface area contributed by atoms with Gasteiger partial charge >= 0.3 is 5.97 Å². The minimum Gasteiger partial charge on any atom is -0.481 e. The Balaban J connectivity index is 2.58. The van der Waals surface area contributed by atoms with Crippen LogP contribution in [0.25, 0.3) is 0 Å². The van der Waals surface area contributed by atoms with Gasteiger partial charge in [0.05, 0.1) is 0 Å². The molecule has 0 amide bonds. The first kappa shape index (κ1) is 13.6. The average molecular weight is 235 g/mol. The van der Waals surface area contributed by atoms with E-state index in [4.69, 9.17) is 5.11 Å². The van der Waals surface area contributed by atoms with E-state index in [0.717, 1.165) is 19.5 Å². The molecule has 0 bridgehead atoms. The van der Waals surface area contributed by atoms with Gasteiger partial charge in [-0.3, -0.25) is 4.79 Å². The number of nitrogens with zero attached hydrogens (tertiary/aromatic N) is 1. The van der Waals surface area contributed by atoms with Gasteiger partial charge in [0.2, 0.25) is 0 Å². The molecule has 1 N–H and O–H groups in total. The molecule has 1 aromatic carbocycles. The van der Waals surface area contributed by atoms with E-state index in [0.29, 0.717) is 6.42 Å². The maximum Gasteiger partial charge on any atom is 0.303 e. The number of aliphatic carboxylic acids is 1. The molecule has 0 saturated heterocycles. The average Bonchev–Trinajstić information content (AvgIpc) is 2.29. The van der Waals surface area contributed by atoms with E-state index >= 15 is 0 Å². The molecule has 0 spiro atoms. The molecule has 0 unspecified atom stereocenters. The minimum atomic E-state index is -0.717. The van der Waals surface area contributed by atoms with Gasteiger partial charge in [-0.1, -0.05) is 24.6 Å². The summed E-state index contributed by atoms with van der Waals surface area (Å²) in [7, 11) is 0. The van der Waals surface area contributed by atoms with Gasteiger partial charge in [0.25, 0.3) is 0 Å². The number of carbonyl (C=O) groups is 1. The Morgan fingerprint density at radius 2 is 1.88 bits per heavy atom. The maximum atomic E-state index is 10.5. The van der Waals surface area contributed by atoms with Crippen LogP contribution >= 0.6 is 0 Å². The van der Waals surface area contributed by atoms with Crippen LogP contribution in [0.1, 0.15) is 31.7 Å². The third-order valence-electron chi connectivity index (χ3n) is 2.71. The maximum absolute atomic E-state index is 10.5. The minimum absolute atomic E-state index is 0.242. The fourth-order valence-electron chi connectivity index (χ4n) is 1.82. The second-order valence-corrected chi connectivity index (χ2v) is 4.32. The van der Waals surface area contributed by atoms with Crippen molar-refractivity contribution in [1.29, 1.82) is 0 Å². The van der Waals surface area contributed by atoms with Crippen LogP contribution in [0.4, 0.5) is 5.69 Å². The molecule has 0 heterocycles. The van der Waals surface area contributed by atoms with Crippen LogP contribution in [0.5, 0.6) is 0 Å². The Morgan fingerprint density at radius 1 is 1.24 bits per heavy atom. The van der Waals surface area contributed by atoms with Gasteiger partial charge in [-0.05, 0) is 31.9 Å². The SMILES string of the molecule is CCCN(CCCC(=O)O)c1ccc(C)cc1. The zero-order valence-electron chi connectivity index (χ0n) is 10.6. The Bertz CT molecular complexity index is 346. The molecule has 1 rings (SSSR count). The molecule has 1 aromatic rings. The van der Waals surface area contributed by atoms with Crippen molar-refractivity contribution in [3.05, 3.63) is 29.8 Å². The highest BCUT2D eigenvalue weighted by Crippen LogP contribution is 2.16. The monoisotopic (exact) mass is 235 g/mol. The summed E-state index contributed by atoms with van der Waals surface area (Å²) < 4.78 is 0. The van der Waals surface area contributed by atoms with Crippen molar-refractivity contribution >= 4 is 11.7 Å². The summed E-state index contributed by atoms with van der Waals surface area (Å²) in [5.74, 6) is -0.717. The molecular weight excluding hydrogens is 214 g/mol. The normalized spacial score (nSPS) is 10.2. The Kier molecular flexibility index (Phi) is 5.53. The van der Waals surface area contributed by atoms with E-state index in [9.17, 15) is 4.79 Å². The van der Waals surface area contributed by atoms with E-state index in [1.54, 1.807) is 0 Å². The van der Waals surface area contributed by atoms with Gasteiger partial charge in [0.15, 0.2) is 0 Å². The van der Waals surface area contributed by atoms with Crippen molar-refractivity contribution < 1.29 is 9.90 Å². The van der Waals surface area contributed by atoms with Crippen LogP contribution in [-0.2, 0) is 4.79 Å². The molecule has 0 aliphatic carbocycles. The molecule has 0 atom stereocenters. The lowest BCUT2D eigenvalue weighted by atomic mass is 10.2. The molecule has 94 valence electrons. The summed E-state index contributed by atoms with van der Waals surface area (Å²) in [5.41, 5.74) is 2.43. The van der Waals surface area contributed by atoms with Gasteiger partial charge in [-0.25, -0.2) is 0 Å². The number of hydrogen-bond donors (Lipinski definition) is 1. The zero-order chi connectivity index (χ0) is 12.7. The largest absolute Gasteiger partial charge is 0.481 e. The van der Waals surface area contributed by atoms with E-state index in [2.05, 4.69) is 43.0 Å². The molecule has 3 heteroatoms. The predicted octanol–water partition coefficient (Wildman–Crippen LogP) is 3.08. The van der Waals surface area contributed by atoms with Crippen molar-refractivity contribution in [2.75, 3.05) is 18.0 Å². The molecule has 0 saturated carbocycles. The van der Waals surface area contributed by atoms with Crippen molar-refractivity contribution in [3.63, 3.8) is 0 Å². The predicted molar refractivity (Wildman–Crippen MR) is 70.6 cm³/mol. The van der Waals surface area contributed by atoms with Crippen molar-refractivity contribution in [2.24, 2.45) is 0 Å². The lowest BCUT2D eigenvalue weighted by Crippen LogP contribution is -2.25. The van der Waals surface area contributed by atoms with Crippen LogP contribution in [0.15, 0.2) is 24.3 Å². The van der Waals surface area contributed by atoms with Crippen LogP contribution in [-0.4, -0.2) is 24.2 Å². The Morgan fingerprint density at radius 3 is 2.41 bits per heavy atom. The first-order chi connectivity index (χ1) is 8.13. The number of carboxylic acid groups (broad SMARTS) is 1. The first-order valence-corrected chi connectivity index (χ1v) is 6.17. The molecule has 0 aliphatic rings. The number of benzene rings is 1. The Hall–Kier alpha value is -1.51. The third-order valence-corrected chi connectivity index (χ3v) is 2.71. The number of anilines is 1. The van der Waals surface area contributed by atoms with Crippen LogP contribution in [0.3, 0.4) is 0 Å². The number of rotatable bonds is 7. The highest BCUT2D eigenvalue weighted by atomic mass is 16.4. The number of carboxylic acids is 1. The molecule has 3 nitrogen and oxygen atoms in total. The summed E-state index contributed by atoms with van der Waals surface area (Å²) in [6.07, 6.45) is 2.01. The molecule has 0 radical (unpaired) electrons.